The summed E-state index contributed by atoms with van der Waals surface area (Å²) < 4.78 is 16.9. The first-order chi connectivity index (χ1) is 11.2. The highest BCUT2D eigenvalue weighted by Gasteiger charge is 2.20. The van der Waals surface area contributed by atoms with Gasteiger partial charge in [0.2, 0.25) is 5.91 Å². The monoisotopic (exact) mass is 337 g/mol. The third-order valence-corrected chi connectivity index (χ3v) is 5.54. The Hall–Kier alpha value is -1.20. The number of methoxy groups -OCH3 is 1. The second kappa shape index (κ2) is 9.83. The molecule has 1 amide bonds. The lowest BCUT2D eigenvalue weighted by atomic mass is 9.99. The normalized spacial score (nSPS) is 17.4. The standard InChI is InChI=1S/C18H27NO3S/c1-22-11-12-23(21)14-15-7-6-10-17(13-15)19-18(20)16-8-4-2-3-5-9-16/h6-7,10,13,16H,2-5,8-9,11-12,14H2,1H3,(H,19,20)/t23-/m1/s1. The lowest BCUT2D eigenvalue weighted by molar-refractivity contribution is -0.120. The highest BCUT2D eigenvalue weighted by molar-refractivity contribution is 7.84. The molecule has 1 aromatic carbocycles. The highest BCUT2D eigenvalue weighted by Crippen LogP contribution is 2.24. The number of carbonyl (C=O) groups is 1. The molecule has 23 heavy (non-hydrogen) atoms. The number of amides is 1. The topological polar surface area (TPSA) is 55.4 Å². The van der Waals surface area contributed by atoms with Crippen LogP contribution in [0.4, 0.5) is 5.69 Å². The number of anilines is 1. The van der Waals surface area contributed by atoms with E-state index in [4.69, 9.17) is 4.74 Å². The molecule has 1 atom stereocenters. The zero-order valence-electron chi connectivity index (χ0n) is 13.9. The SMILES string of the molecule is COCC[S@@](=O)Cc1cccc(NC(=O)C2CCCCCC2)c1. The van der Waals surface area contributed by atoms with Crippen molar-refractivity contribution in [3.8, 4) is 0 Å². The van der Waals surface area contributed by atoms with Gasteiger partial charge in [0, 0.05) is 41.0 Å². The first-order valence-electron chi connectivity index (χ1n) is 8.43. The molecule has 0 unspecified atom stereocenters. The third-order valence-electron chi connectivity index (χ3n) is 4.26. The first-order valence-corrected chi connectivity index (χ1v) is 9.91. The smallest absolute Gasteiger partial charge is 0.227 e. The quantitative estimate of drug-likeness (QED) is 0.775. The minimum atomic E-state index is -0.936. The van der Waals surface area contributed by atoms with Crippen molar-refractivity contribution in [3.63, 3.8) is 0 Å². The van der Waals surface area contributed by atoms with Gasteiger partial charge in [-0.3, -0.25) is 9.00 Å². The zero-order chi connectivity index (χ0) is 16.5. The van der Waals surface area contributed by atoms with Gasteiger partial charge in [0.05, 0.1) is 6.61 Å². The van der Waals surface area contributed by atoms with Crippen LogP contribution < -0.4 is 5.32 Å². The molecule has 1 fully saturated rings. The summed E-state index contributed by atoms with van der Waals surface area (Å²) in [5.74, 6) is 1.30. The van der Waals surface area contributed by atoms with E-state index in [1.165, 1.54) is 12.8 Å². The second-order valence-electron chi connectivity index (χ2n) is 6.16. The van der Waals surface area contributed by atoms with Gasteiger partial charge in [-0.2, -0.15) is 0 Å². The molecule has 0 radical (unpaired) electrons. The van der Waals surface area contributed by atoms with Crippen LogP contribution in [0.25, 0.3) is 0 Å². The zero-order valence-corrected chi connectivity index (χ0v) is 14.7. The molecule has 1 saturated carbocycles. The lowest BCUT2D eigenvalue weighted by Gasteiger charge is -2.14. The minimum absolute atomic E-state index is 0.129. The molecule has 0 aliphatic heterocycles. The van der Waals surface area contributed by atoms with Crippen LogP contribution in [0.2, 0.25) is 0 Å². The summed E-state index contributed by atoms with van der Waals surface area (Å²) in [6.45, 7) is 0.505. The maximum absolute atomic E-state index is 12.4. The molecule has 2 rings (SSSR count). The molecule has 0 saturated heterocycles. The Labute approximate surface area is 141 Å². The van der Waals surface area contributed by atoms with E-state index in [0.717, 1.165) is 36.9 Å². The molecular weight excluding hydrogens is 310 g/mol. The molecule has 1 aromatic rings. The molecule has 0 spiro atoms. The van der Waals surface area contributed by atoms with Crippen molar-refractivity contribution in [2.75, 3.05) is 24.8 Å². The van der Waals surface area contributed by atoms with E-state index in [9.17, 15) is 9.00 Å². The van der Waals surface area contributed by atoms with Crippen LogP contribution in [0, 0.1) is 5.92 Å². The maximum atomic E-state index is 12.4. The fourth-order valence-electron chi connectivity index (χ4n) is 2.96. The van der Waals surface area contributed by atoms with Gasteiger partial charge in [-0.05, 0) is 30.5 Å². The molecule has 0 aromatic heterocycles. The van der Waals surface area contributed by atoms with Crippen molar-refractivity contribution in [1.29, 1.82) is 0 Å². The van der Waals surface area contributed by atoms with Gasteiger partial charge >= 0.3 is 0 Å². The molecule has 5 heteroatoms. The van der Waals surface area contributed by atoms with Gasteiger partial charge in [0.15, 0.2) is 0 Å². The Morgan fingerprint density at radius 1 is 1.26 bits per heavy atom. The van der Waals surface area contributed by atoms with E-state index in [1.54, 1.807) is 7.11 Å². The Kier molecular flexibility index (Phi) is 7.76. The average Bonchev–Trinajstić information content (AvgIpc) is 2.82. The Bertz CT molecular complexity index is 525. The van der Waals surface area contributed by atoms with Crippen LogP contribution in [0.15, 0.2) is 24.3 Å². The van der Waals surface area contributed by atoms with E-state index in [0.29, 0.717) is 18.1 Å². The predicted molar refractivity (Wildman–Crippen MR) is 94.9 cm³/mol. The molecule has 0 bridgehead atoms. The molecule has 4 nitrogen and oxygen atoms in total. The average molecular weight is 337 g/mol. The summed E-state index contributed by atoms with van der Waals surface area (Å²) in [5, 5.41) is 3.03. The molecule has 128 valence electrons. The van der Waals surface area contributed by atoms with Crippen molar-refractivity contribution in [2.45, 2.75) is 44.3 Å². The first kappa shape index (κ1) is 18.1. The summed E-state index contributed by atoms with van der Waals surface area (Å²) in [6.07, 6.45) is 6.77. The van der Waals surface area contributed by atoms with Gasteiger partial charge in [0.25, 0.3) is 0 Å². The highest BCUT2D eigenvalue weighted by atomic mass is 32.2. The molecule has 0 heterocycles. The molecule has 1 N–H and O–H groups in total. The van der Waals surface area contributed by atoms with Crippen molar-refractivity contribution in [1.82, 2.24) is 0 Å². The largest absolute Gasteiger partial charge is 0.384 e. The number of nitrogens with one attached hydrogen (secondary N) is 1. The summed E-state index contributed by atoms with van der Waals surface area (Å²) in [4.78, 5) is 12.4. The summed E-state index contributed by atoms with van der Waals surface area (Å²) in [5.41, 5.74) is 1.79. The molecular formula is C18H27NO3S. The minimum Gasteiger partial charge on any atom is -0.384 e. The van der Waals surface area contributed by atoms with Crippen LogP contribution in [-0.4, -0.2) is 29.6 Å². The van der Waals surface area contributed by atoms with E-state index < -0.39 is 10.8 Å². The van der Waals surface area contributed by atoms with Crippen molar-refractivity contribution >= 4 is 22.4 Å². The third kappa shape index (κ3) is 6.43. The number of hydrogen-bond acceptors (Lipinski definition) is 3. The number of hydrogen-bond donors (Lipinski definition) is 1. The Morgan fingerprint density at radius 3 is 2.70 bits per heavy atom. The van der Waals surface area contributed by atoms with Crippen LogP contribution in [-0.2, 0) is 26.1 Å². The van der Waals surface area contributed by atoms with Crippen LogP contribution in [0.1, 0.15) is 44.1 Å². The van der Waals surface area contributed by atoms with Gasteiger partial charge in [-0.15, -0.1) is 0 Å². The lowest BCUT2D eigenvalue weighted by Crippen LogP contribution is -2.22. The maximum Gasteiger partial charge on any atom is 0.227 e. The number of benzene rings is 1. The number of carbonyl (C=O) groups excluding carboxylic acids is 1. The second-order valence-corrected chi connectivity index (χ2v) is 7.74. The summed E-state index contributed by atoms with van der Waals surface area (Å²) >= 11 is 0. The van der Waals surface area contributed by atoms with E-state index >= 15 is 0 Å². The van der Waals surface area contributed by atoms with Crippen LogP contribution >= 0.6 is 0 Å². The van der Waals surface area contributed by atoms with E-state index in [-0.39, 0.29) is 11.8 Å². The van der Waals surface area contributed by atoms with Crippen molar-refractivity contribution < 1.29 is 13.7 Å². The Balaban J connectivity index is 1.91. The van der Waals surface area contributed by atoms with Gasteiger partial charge in [0.1, 0.15) is 0 Å². The van der Waals surface area contributed by atoms with E-state index in [1.807, 2.05) is 24.3 Å². The van der Waals surface area contributed by atoms with Crippen LogP contribution in [0.5, 0.6) is 0 Å². The van der Waals surface area contributed by atoms with Crippen molar-refractivity contribution in [2.24, 2.45) is 5.92 Å². The number of rotatable bonds is 7. The molecule has 1 aliphatic rings. The van der Waals surface area contributed by atoms with E-state index in [2.05, 4.69) is 5.32 Å². The van der Waals surface area contributed by atoms with Crippen molar-refractivity contribution in [3.05, 3.63) is 29.8 Å². The Morgan fingerprint density at radius 2 is 2.00 bits per heavy atom. The predicted octanol–water partition coefficient (Wildman–Crippen LogP) is 3.49. The van der Waals surface area contributed by atoms with Crippen LogP contribution in [0.3, 0.4) is 0 Å². The van der Waals surface area contributed by atoms with Gasteiger partial charge in [-0.1, -0.05) is 37.8 Å². The summed E-state index contributed by atoms with van der Waals surface area (Å²) in [6, 6.07) is 7.69. The summed E-state index contributed by atoms with van der Waals surface area (Å²) in [7, 11) is 0.676. The van der Waals surface area contributed by atoms with Gasteiger partial charge < -0.3 is 10.1 Å². The van der Waals surface area contributed by atoms with Gasteiger partial charge in [-0.25, -0.2) is 0 Å². The fourth-order valence-corrected chi connectivity index (χ4v) is 4.01. The number of ether oxygens (including phenoxy) is 1. The molecule has 1 aliphatic carbocycles. The fraction of sp³-hybridized carbons (Fsp3) is 0.611.